The lowest BCUT2D eigenvalue weighted by molar-refractivity contribution is -0.128. The van der Waals surface area contributed by atoms with E-state index in [9.17, 15) is 4.79 Å². The number of pyridine rings is 1. The SMILES string of the molecule is CC1(C(=O)Cc2ccncc2Cl)CCCCC1. The van der Waals surface area contributed by atoms with Crippen molar-refractivity contribution in [2.45, 2.75) is 45.4 Å². The fourth-order valence-electron chi connectivity index (χ4n) is 2.54. The standard InChI is InChI=1S/C14H18ClNO/c1-14(6-3-2-4-7-14)13(17)9-11-5-8-16-10-12(11)15/h5,8,10H,2-4,6-7,9H2,1H3. The normalized spacial score (nSPS) is 18.9. The molecule has 2 nitrogen and oxygen atoms in total. The lowest BCUT2D eigenvalue weighted by atomic mass is 9.71. The van der Waals surface area contributed by atoms with Crippen LogP contribution in [-0.4, -0.2) is 10.8 Å². The molecule has 0 unspecified atom stereocenters. The van der Waals surface area contributed by atoms with Gasteiger partial charge < -0.3 is 0 Å². The molecule has 1 aromatic heterocycles. The van der Waals surface area contributed by atoms with E-state index in [4.69, 9.17) is 11.6 Å². The van der Waals surface area contributed by atoms with Crippen molar-refractivity contribution in [2.75, 3.05) is 0 Å². The molecule has 1 saturated carbocycles. The predicted molar refractivity (Wildman–Crippen MR) is 69.2 cm³/mol. The van der Waals surface area contributed by atoms with Crippen LogP contribution in [-0.2, 0) is 11.2 Å². The molecule has 0 amide bonds. The summed E-state index contributed by atoms with van der Waals surface area (Å²) in [5.41, 5.74) is 0.767. The van der Waals surface area contributed by atoms with Crippen molar-refractivity contribution < 1.29 is 4.79 Å². The second-order valence-corrected chi connectivity index (χ2v) is 5.60. The molecular weight excluding hydrogens is 234 g/mol. The molecule has 17 heavy (non-hydrogen) atoms. The van der Waals surface area contributed by atoms with E-state index in [0.29, 0.717) is 17.2 Å². The van der Waals surface area contributed by atoms with Gasteiger partial charge in [0.05, 0.1) is 5.02 Å². The summed E-state index contributed by atoms with van der Waals surface area (Å²) in [4.78, 5) is 16.3. The molecule has 1 fully saturated rings. The molecule has 0 N–H and O–H groups in total. The Bertz CT molecular complexity index is 410. The lowest BCUT2D eigenvalue weighted by Crippen LogP contribution is -2.31. The van der Waals surface area contributed by atoms with Gasteiger partial charge in [0.25, 0.3) is 0 Å². The summed E-state index contributed by atoms with van der Waals surface area (Å²) in [6.07, 6.45) is 9.39. The maximum Gasteiger partial charge on any atom is 0.143 e. The Balaban J connectivity index is 2.08. The minimum Gasteiger partial charge on any atom is -0.299 e. The van der Waals surface area contributed by atoms with E-state index in [1.54, 1.807) is 12.4 Å². The summed E-state index contributed by atoms with van der Waals surface area (Å²) in [6, 6.07) is 1.84. The van der Waals surface area contributed by atoms with Crippen molar-refractivity contribution in [2.24, 2.45) is 5.41 Å². The molecule has 1 heterocycles. The zero-order valence-corrected chi connectivity index (χ0v) is 11.0. The zero-order valence-electron chi connectivity index (χ0n) is 10.2. The highest BCUT2D eigenvalue weighted by atomic mass is 35.5. The number of halogens is 1. The number of ketones is 1. The van der Waals surface area contributed by atoms with Gasteiger partial charge in [-0.15, -0.1) is 0 Å². The van der Waals surface area contributed by atoms with E-state index in [0.717, 1.165) is 18.4 Å². The van der Waals surface area contributed by atoms with Gasteiger partial charge in [-0.1, -0.05) is 37.8 Å². The van der Waals surface area contributed by atoms with E-state index in [2.05, 4.69) is 11.9 Å². The molecule has 0 radical (unpaired) electrons. The molecule has 0 saturated heterocycles. The van der Waals surface area contributed by atoms with Crippen molar-refractivity contribution in [3.63, 3.8) is 0 Å². The zero-order chi connectivity index (χ0) is 12.3. The van der Waals surface area contributed by atoms with Gasteiger partial charge in [0, 0.05) is 24.2 Å². The van der Waals surface area contributed by atoms with Gasteiger partial charge in [-0.05, 0) is 24.5 Å². The fourth-order valence-corrected chi connectivity index (χ4v) is 2.73. The highest BCUT2D eigenvalue weighted by Gasteiger charge is 2.34. The van der Waals surface area contributed by atoms with Crippen LogP contribution in [0.3, 0.4) is 0 Å². The Hall–Kier alpha value is -0.890. The average Bonchev–Trinajstić information content (AvgIpc) is 2.33. The highest BCUT2D eigenvalue weighted by Crippen LogP contribution is 2.37. The number of carbonyl (C=O) groups is 1. The number of hydrogen-bond acceptors (Lipinski definition) is 2. The van der Waals surface area contributed by atoms with Crippen molar-refractivity contribution in [1.82, 2.24) is 4.98 Å². The first-order valence-electron chi connectivity index (χ1n) is 6.23. The molecule has 0 bridgehead atoms. The van der Waals surface area contributed by atoms with Crippen LogP contribution < -0.4 is 0 Å². The van der Waals surface area contributed by atoms with Crippen molar-refractivity contribution in [3.8, 4) is 0 Å². The number of hydrogen-bond donors (Lipinski definition) is 0. The predicted octanol–water partition coefficient (Wildman–Crippen LogP) is 3.82. The first-order chi connectivity index (χ1) is 8.12. The Morgan fingerprint density at radius 3 is 2.76 bits per heavy atom. The smallest absolute Gasteiger partial charge is 0.143 e. The minimum atomic E-state index is -0.134. The summed E-state index contributed by atoms with van der Waals surface area (Å²) in [6.45, 7) is 2.10. The first-order valence-corrected chi connectivity index (χ1v) is 6.61. The molecule has 2 rings (SSSR count). The van der Waals surface area contributed by atoms with Crippen LogP contribution in [0.5, 0.6) is 0 Å². The summed E-state index contributed by atoms with van der Waals surface area (Å²) >= 11 is 6.04. The van der Waals surface area contributed by atoms with E-state index in [1.807, 2.05) is 6.07 Å². The van der Waals surface area contributed by atoms with E-state index in [1.165, 1.54) is 19.3 Å². The molecule has 1 aliphatic rings. The molecule has 92 valence electrons. The van der Waals surface area contributed by atoms with Crippen LogP contribution in [0.15, 0.2) is 18.5 Å². The topological polar surface area (TPSA) is 30.0 Å². The largest absolute Gasteiger partial charge is 0.299 e. The van der Waals surface area contributed by atoms with E-state index < -0.39 is 0 Å². The van der Waals surface area contributed by atoms with Crippen molar-refractivity contribution in [3.05, 3.63) is 29.0 Å². The van der Waals surface area contributed by atoms with Gasteiger partial charge in [0.1, 0.15) is 5.78 Å². The van der Waals surface area contributed by atoms with E-state index in [-0.39, 0.29) is 5.41 Å². The molecule has 1 aromatic rings. The first kappa shape index (κ1) is 12.6. The third kappa shape index (κ3) is 2.86. The summed E-state index contributed by atoms with van der Waals surface area (Å²) in [5.74, 6) is 0.324. The Morgan fingerprint density at radius 1 is 1.41 bits per heavy atom. The average molecular weight is 252 g/mol. The minimum absolute atomic E-state index is 0.134. The third-order valence-corrected chi connectivity index (χ3v) is 4.18. The van der Waals surface area contributed by atoms with Gasteiger partial charge in [-0.25, -0.2) is 0 Å². The second kappa shape index (κ2) is 5.18. The van der Waals surface area contributed by atoms with Crippen molar-refractivity contribution in [1.29, 1.82) is 0 Å². The molecular formula is C14H18ClNO. The highest BCUT2D eigenvalue weighted by molar-refractivity contribution is 6.31. The Labute approximate surface area is 107 Å². The number of carbonyl (C=O) groups excluding carboxylic acids is 1. The van der Waals surface area contributed by atoms with Gasteiger partial charge in [-0.2, -0.15) is 0 Å². The van der Waals surface area contributed by atoms with Gasteiger partial charge >= 0.3 is 0 Å². The maximum atomic E-state index is 12.4. The van der Waals surface area contributed by atoms with Crippen LogP contribution in [0.1, 0.15) is 44.6 Å². The number of nitrogens with zero attached hydrogens (tertiary/aromatic N) is 1. The molecule has 0 aliphatic heterocycles. The summed E-state index contributed by atoms with van der Waals surface area (Å²) < 4.78 is 0. The lowest BCUT2D eigenvalue weighted by Gasteiger charge is -2.32. The molecule has 0 atom stereocenters. The summed E-state index contributed by atoms with van der Waals surface area (Å²) in [7, 11) is 0. The van der Waals surface area contributed by atoms with Crippen LogP contribution in [0.25, 0.3) is 0 Å². The van der Waals surface area contributed by atoms with Gasteiger partial charge in [0.2, 0.25) is 0 Å². The Kier molecular flexibility index (Phi) is 3.82. The molecule has 0 spiro atoms. The van der Waals surface area contributed by atoms with Crippen LogP contribution in [0.4, 0.5) is 0 Å². The quantitative estimate of drug-likeness (QED) is 0.818. The fraction of sp³-hybridized carbons (Fsp3) is 0.571. The molecule has 3 heteroatoms. The third-order valence-electron chi connectivity index (χ3n) is 3.84. The number of Topliss-reactive ketones (excluding diaryl/α,β-unsaturated/α-hetero) is 1. The monoisotopic (exact) mass is 251 g/mol. The van der Waals surface area contributed by atoms with Gasteiger partial charge in [0.15, 0.2) is 0 Å². The van der Waals surface area contributed by atoms with Crippen LogP contribution >= 0.6 is 11.6 Å². The number of aromatic nitrogens is 1. The second-order valence-electron chi connectivity index (χ2n) is 5.19. The number of rotatable bonds is 3. The Morgan fingerprint density at radius 2 is 2.12 bits per heavy atom. The maximum absolute atomic E-state index is 12.4. The summed E-state index contributed by atoms with van der Waals surface area (Å²) in [5, 5.41) is 0.597. The van der Waals surface area contributed by atoms with Crippen LogP contribution in [0, 0.1) is 5.41 Å². The van der Waals surface area contributed by atoms with Crippen LogP contribution in [0.2, 0.25) is 5.02 Å². The molecule has 1 aliphatic carbocycles. The molecule has 0 aromatic carbocycles. The van der Waals surface area contributed by atoms with E-state index >= 15 is 0 Å². The van der Waals surface area contributed by atoms with Crippen molar-refractivity contribution >= 4 is 17.4 Å². The van der Waals surface area contributed by atoms with Gasteiger partial charge in [-0.3, -0.25) is 9.78 Å².